The average Bonchev–Trinajstić information content (AvgIpc) is 2.91. The van der Waals surface area contributed by atoms with E-state index in [0.29, 0.717) is 11.5 Å². The Kier molecular flexibility index (Phi) is 4.03. The molecule has 2 aromatic rings. The van der Waals surface area contributed by atoms with Crippen LogP contribution in [0.25, 0.3) is 11.0 Å². The Morgan fingerprint density at radius 1 is 1.30 bits per heavy atom. The molecule has 20 heavy (non-hydrogen) atoms. The Hall–Kier alpha value is -1.39. The number of fused-ring (bicyclic) bond motifs is 1. The molecule has 1 fully saturated rings. The lowest BCUT2D eigenvalue weighted by molar-refractivity contribution is 0.283. The van der Waals surface area contributed by atoms with E-state index in [1.165, 1.54) is 38.2 Å². The number of hydrazine groups is 1. The van der Waals surface area contributed by atoms with Crippen LogP contribution >= 0.6 is 0 Å². The summed E-state index contributed by atoms with van der Waals surface area (Å²) < 4.78 is 19.4. The summed E-state index contributed by atoms with van der Waals surface area (Å²) in [7, 11) is 0. The van der Waals surface area contributed by atoms with Crippen LogP contribution < -0.4 is 11.3 Å². The number of nitrogens with two attached hydrogens (primary N) is 1. The number of hydrogen-bond donors (Lipinski definition) is 2. The second-order valence-corrected chi connectivity index (χ2v) is 5.77. The van der Waals surface area contributed by atoms with Gasteiger partial charge < -0.3 is 4.42 Å². The van der Waals surface area contributed by atoms with Crippen molar-refractivity contribution in [2.75, 3.05) is 0 Å². The van der Waals surface area contributed by atoms with E-state index >= 15 is 0 Å². The number of benzene rings is 1. The van der Waals surface area contributed by atoms with Crippen LogP contribution in [0.3, 0.4) is 0 Å². The van der Waals surface area contributed by atoms with Crippen molar-refractivity contribution < 1.29 is 8.81 Å². The topological polar surface area (TPSA) is 51.2 Å². The third-order valence-electron chi connectivity index (χ3n) is 4.35. The number of halogens is 1. The van der Waals surface area contributed by atoms with E-state index < -0.39 is 0 Å². The molecule has 0 amide bonds. The van der Waals surface area contributed by atoms with Crippen LogP contribution in [-0.4, -0.2) is 0 Å². The molecule has 0 saturated heterocycles. The van der Waals surface area contributed by atoms with Crippen molar-refractivity contribution >= 4 is 11.0 Å². The zero-order valence-electron chi connectivity index (χ0n) is 11.6. The quantitative estimate of drug-likeness (QED) is 0.654. The molecule has 0 bridgehead atoms. The molecule has 0 radical (unpaired) electrons. The minimum absolute atomic E-state index is 0.0371. The number of nitrogens with one attached hydrogen (secondary N) is 1. The lowest BCUT2D eigenvalue weighted by Crippen LogP contribution is -2.29. The van der Waals surface area contributed by atoms with Gasteiger partial charge in [-0.15, -0.1) is 0 Å². The summed E-state index contributed by atoms with van der Waals surface area (Å²) in [4.78, 5) is 0. The molecule has 4 heteroatoms. The van der Waals surface area contributed by atoms with Gasteiger partial charge in [-0.2, -0.15) is 0 Å². The third kappa shape index (κ3) is 2.72. The van der Waals surface area contributed by atoms with E-state index in [1.807, 2.05) is 12.1 Å². The van der Waals surface area contributed by atoms with Crippen molar-refractivity contribution in [1.82, 2.24) is 5.43 Å². The smallest absolute Gasteiger partial charge is 0.169 e. The molecule has 1 aromatic heterocycles. The van der Waals surface area contributed by atoms with Gasteiger partial charge in [0, 0.05) is 5.39 Å². The van der Waals surface area contributed by atoms with E-state index in [4.69, 9.17) is 10.3 Å². The molecule has 3 N–H and O–H groups in total. The molecule has 0 spiro atoms. The predicted molar refractivity (Wildman–Crippen MR) is 77.4 cm³/mol. The normalized spacial score (nSPS) is 18.5. The SMILES string of the molecule is NNC(CC1CCCCC1)c1cc2cccc(F)c2o1. The molecule has 0 aliphatic heterocycles. The molecule has 1 aromatic carbocycles. The maximum atomic E-state index is 13.7. The summed E-state index contributed by atoms with van der Waals surface area (Å²) in [5.74, 6) is 6.78. The first kappa shape index (κ1) is 13.6. The summed E-state index contributed by atoms with van der Waals surface area (Å²) in [5, 5.41) is 0.795. The van der Waals surface area contributed by atoms with Crippen molar-refractivity contribution in [3.8, 4) is 0 Å². The highest BCUT2D eigenvalue weighted by molar-refractivity contribution is 5.78. The summed E-state index contributed by atoms with van der Waals surface area (Å²) in [6, 6.07) is 6.83. The van der Waals surface area contributed by atoms with Gasteiger partial charge in [-0.05, 0) is 24.5 Å². The highest BCUT2D eigenvalue weighted by atomic mass is 19.1. The minimum atomic E-state index is -0.317. The first-order valence-electron chi connectivity index (χ1n) is 7.42. The van der Waals surface area contributed by atoms with Crippen LogP contribution in [0.15, 0.2) is 28.7 Å². The van der Waals surface area contributed by atoms with Crippen molar-refractivity contribution in [3.05, 3.63) is 35.8 Å². The summed E-state index contributed by atoms with van der Waals surface area (Å²) in [5.41, 5.74) is 3.16. The standard InChI is InChI=1S/C16H21FN2O/c17-13-8-4-7-12-10-15(20-16(12)13)14(19-18)9-11-5-2-1-3-6-11/h4,7-8,10-11,14,19H,1-3,5-6,9,18H2. The van der Waals surface area contributed by atoms with E-state index in [0.717, 1.165) is 17.6 Å². The van der Waals surface area contributed by atoms with Crippen LogP contribution in [0.2, 0.25) is 0 Å². The first-order chi connectivity index (χ1) is 9.78. The lowest BCUT2D eigenvalue weighted by atomic mass is 9.84. The van der Waals surface area contributed by atoms with Gasteiger partial charge in [-0.1, -0.05) is 44.2 Å². The number of furan rings is 1. The number of para-hydroxylation sites is 1. The van der Waals surface area contributed by atoms with E-state index in [2.05, 4.69) is 5.43 Å². The molecule has 3 rings (SSSR count). The second kappa shape index (κ2) is 5.94. The first-order valence-corrected chi connectivity index (χ1v) is 7.42. The molecule has 3 nitrogen and oxygen atoms in total. The van der Waals surface area contributed by atoms with E-state index in [9.17, 15) is 4.39 Å². The summed E-state index contributed by atoms with van der Waals surface area (Å²) in [6.45, 7) is 0. The number of hydrogen-bond acceptors (Lipinski definition) is 3. The van der Waals surface area contributed by atoms with Gasteiger partial charge >= 0.3 is 0 Å². The predicted octanol–water partition coefficient (Wildman–Crippen LogP) is 4.05. The highest BCUT2D eigenvalue weighted by Gasteiger charge is 2.22. The largest absolute Gasteiger partial charge is 0.456 e. The van der Waals surface area contributed by atoms with Gasteiger partial charge in [-0.3, -0.25) is 5.84 Å². The summed E-state index contributed by atoms with van der Waals surface area (Å²) in [6.07, 6.45) is 7.41. The van der Waals surface area contributed by atoms with Gasteiger partial charge in [0.2, 0.25) is 0 Å². The fraction of sp³-hybridized carbons (Fsp3) is 0.500. The second-order valence-electron chi connectivity index (χ2n) is 5.77. The van der Waals surface area contributed by atoms with Gasteiger partial charge in [0.1, 0.15) is 5.76 Å². The average molecular weight is 276 g/mol. The minimum Gasteiger partial charge on any atom is -0.456 e. The fourth-order valence-corrected chi connectivity index (χ4v) is 3.24. The summed E-state index contributed by atoms with van der Waals surface area (Å²) >= 11 is 0. The highest BCUT2D eigenvalue weighted by Crippen LogP contribution is 2.33. The van der Waals surface area contributed by atoms with Gasteiger partial charge in [0.25, 0.3) is 0 Å². The van der Waals surface area contributed by atoms with E-state index in [-0.39, 0.29) is 11.9 Å². The van der Waals surface area contributed by atoms with Crippen LogP contribution in [-0.2, 0) is 0 Å². The Balaban J connectivity index is 1.81. The van der Waals surface area contributed by atoms with Gasteiger partial charge in [0.15, 0.2) is 11.4 Å². The molecule has 1 aliphatic carbocycles. The lowest BCUT2D eigenvalue weighted by Gasteiger charge is -2.25. The van der Waals surface area contributed by atoms with Crippen molar-refractivity contribution in [1.29, 1.82) is 0 Å². The zero-order valence-corrected chi connectivity index (χ0v) is 11.6. The van der Waals surface area contributed by atoms with Gasteiger partial charge in [-0.25, -0.2) is 9.82 Å². The Labute approximate surface area is 118 Å². The van der Waals surface area contributed by atoms with Crippen molar-refractivity contribution in [2.24, 2.45) is 11.8 Å². The molecular weight excluding hydrogens is 255 g/mol. The Morgan fingerprint density at radius 2 is 2.10 bits per heavy atom. The molecule has 1 aliphatic rings. The van der Waals surface area contributed by atoms with Crippen molar-refractivity contribution in [2.45, 2.75) is 44.6 Å². The van der Waals surface area contributed by atoms with Crippen LogP contribution in [0.4, 0.5) is 4.39 Å². The molecular formula is C16H21FN2O. The molecule has 1 unspecified atom stereocenters. The maximum Gasteiger partial charge on any atom is 0.169 e. The monoisotopic (exact) mass is 276 g/mol. The number of rotatable bonds is 4. The molecule has 1 saturated carbocycles. The molecule has 1 atom stereocenters. The van der Waals surface area contributed by atoms with Gasteiger partial charge in [0.05, 0.1) is 6.04 Å². The Morgan fingerprint density at radius 3 is 2.80 bits per heavy atom. The van der Waals surface area contributed by atoms with Crippen LogP contribution in [0.1, 0.15) is 50.3 Å². The Bertz CT molecular complexity index is 575. The van der Waals surface area contributed by atoms with Crippen LogP contribution in [0.5, 0.6) is 0 Å². The van der Waals surface area contributed by atoms with Crippen LogP contribution in [0, 0.1) is 11.7 Å². The molecule has 108 valence electrons. The van der Waals surface area contributed by atoms with Crippen molar-refractivity contribution in [3.63, 3.8) is 0 Å². The molecule has 1 heterocycles. The maximum absolute atomic E-state index is 13.7. The zero-order chi connectivity index (χ0) is 13.9. The third-order valence-corrected chi connectivity index (χ3v) is 4.35. The van der Waals surface area contributed by atoms with E-state index in [1.54, 1.807) is 6.07 Å². The fourth-order valence-electron chi connectivity index (χ4n) is 3.24.